The molecule has 0 radical (unpaired) electrons. The van der Waals surface area contributed by atoms with Gasteiger partial charge in [0.2, 0.25) is 0 Å². The van der Waals surface area contributed by atoms with Gasteiger partial charge in [-0.25, -0.2) is 4.79 Å². The third-order valence-electron chi connectivity index (χ3n) is 4.18. The van der Waals surface area contributed by atoms with Crippen LogP contribution in [0.15, 0.2) is 53.1 Å². The molecule has 0 atom stereocenters. The molecule has 0 unspecified atom stereocenters. The summed E-state index contributed by atoms with van der Waals surface area (Å²) in [6, 6.07) is 14.1. The molecule has 2 heterocycles. The van der Waals surface area contributed by atoms with Gasteiger partial charge in [0.1, 0.15) is 37.0 Å². The second-order valence-electron chi connectivity index (χ2n) is 6.17. The SMILES string of the molecule is COc1ccc(OCC(=O)OCc2cc(-c3ccc4c(c3)OCCO4)on2)cc1. The zero-order valence-corrected chi connectivity index (χ0v) is 15.8. The molecule has 0 fully saturated rings. The predicted octanol–water partition coefficient (Wildman–Crippen LogP) is 3.24. The van der Waals surface area contributed by atoms with Crippen LogP contribution < -0.4 is 18.9 Å². The van der Waals surface area contributed by atoms with Crippen LogP contribution >= 0.6 is 0 Å². The summed E-state index contributed by atoms with van der Waals surface area (Å²) >= 11 is 0. The standard InChI is InChI=1S/C21H19NO7/c1-24-16-3-5-17(6-4-16)27-13-21(23)28-12-15-11-19(29-22-15)14-2-7-18-20(10-14)26-9-8-25-18/h2-7,10-11H,8-9,12-13H2,1H3. The van der Waals surface area contributed by atoms with Crippen LogP contribution in [0.2, 0.25) is 0 Å². The molecule has 29 heavy (non-hydrogen) atoms. The van der Waals surface area contributed by atoms with Crippen molar-refractivity contribution >= 4 is 5.97 Å². The van der Waals surface area contributed by atoms with Crippen molar-refractivity contribution in [3.8, 4) is 34.3 Å². The Hall–Kier alpha value is -3.68. The quantitative estimate of drug-likeness (QED) is 0.562. The minimum absolute atomic E-state index is 0.0150. The van der Waals surface area contributed by atoms with Crippen LogP contribution in [0.5, 0.6) is 23.0 Å². The van der Waals surface area contributed by atoms with Gasteiger partial charge >= 0.3 is 5.97 Å². The number of ether oxygens (including phenoxy) is 5. The number of hydrogen-bond donors (Lipinski definition) is 0. The summed E-state index contributed by atoms with van der Waals surface area (Å²) in [6.07, 6.45) is 0. The van der Waals surface area contributed by atoms with Crippen molar-refractivity contribution in [3.05, 3.63) is 54.2 Å². The zero-order chi connectivity index (χ0) is 20.1. The summed E-state index contributed by atoms with van der Waals surface area (Å²) in [5.41, 5.74) is 1.29. The molecule has 0 spiro atoms. The lowest BCUT2D eigenvalue weighted by atomic mass is 10.1. The first kappa shape index (κ1) is 18.7. The van der Waals surface area contributed by atoms with Gasteiger partial charge in [-0.3, -0.25) is 0 Å². The first-order valence-corrected chi connectivity index (χ1v) is 8.99. The van der Waals surface area contributed by atoms with E-state index < -0.39 is 5.97 Å². The van der Waals surface area contributed by atoms with Gasteiger partial charge in [-0.05, 0) is 42.5 Å². The van der Waals surface area contributed by atoms with Crippen molar-refractivity contribution in [2.45, 2.75) is 6.61 Å². The monoisotopic (exact) mass is 397 g/mol. The number of carbonyl (C=O) groups is 1. The van der Waals surface area contributed by atoms with E-state index >= 15 is 0 Å². The molecule has 150 valence electrons. The van der Waals surface area contributed by atoms with Crippen molar-refractivity contribution < 1.29 is 33.0 Å². The van der Waals surface area contributed by atoms with E-state index in [1.54, 1.807) is 37.4 Å². The Morgan fingerprint density at radius 2 is 1.76 bits per heavy atom. The molecule has 4 rings (SSSR count). The number of esters is 1. The second kappa shape index (κ2) is 8.55. The van der Waals surface area contributed by atoms with Gasteiger partial charge in [-0.15, -0.1) is 0 Å². The Labute approximate surface area is 166 Å². The molecule has 0 saturated carbocycles. The highest BCUT2D eigenvalue weighted by molar-refractivity contribution is 5.71. The van der Waals surface area contributed by atoms with E-state index in [4.69, 9.17) is 28.2 Å². The number of benzene rings is 2. The molecule has 2 aromatic carbocycles. The van der Waals surface area contributed by atoms with Gasteiger partial charge in [0.05, 0.1) is 7.11 Å². The molecule has 1 aliphatic rings. The summed E-state index contributed by atoms with van der Waals surface area (Å²) in [4.78, 5) is 11.9. The third kappa shape index (κ3) is 4.60. The molecular weight excluding hydrogens is 378 g/mol. The maximum Gasteiger partial charge on any atom is 0.344 e. The Morgan fingerprint density at radius 3 is 2.55 bits per heavy atom. The van der Waals surface area contributed by atoms with Crippen LogP contribution in [0.3, 0.4) is 0 Å². The number of fused-ring (bicyclic) bond motifs is 1. The lowest BCUT2D eigenvalue weighted by molar-refractivity contribution is -0.147. The van der Waals surface area contributed by atoms with Crippen LogP contribution in [0.25, 0.3) is 11.3 Å². The van der Waals surface area contributed by atoms with E-state index in [0.717, 1.165) is 5.56 Å². The van der Waals surface area contributed by atoms with Gasteiger partial charge in [0, 0.05) is 11.6 Å². The van der Waals surface area contributed by atoms with Crippen molar-refractivity contribution in [3.63, 3.8) is 0 Å². The highest BCUT2D eigenvalue weighted by Crippen LogP contribution is 2.34. The van der Waals surface area contributed by atoms with E-state index in [-0.39, 0.29) is 13.2 Å². The van der Waals surface area contributed by atoms with Crippen molar-refractivity contribution in [1.82, 2.24) is 5.16 Å². The third-order valence-corrected chi connectivity index (χ3v) is 4.18. The molecule has 8 nitrogen and oxygen atoms in total. The Morgan fingerprint density at radius 1 is 1.00 bits per heavy atom. The summed E-state index contributed by atoms with van der Waals surface area (Å²) < 4.78 is 32.0. The summed E-state index contributed by atoms with van der Waals surface area (Å²) in [7, 11) is 1.58. The van der Waals surface area contributed by atoms with E-state index in [1.165, 1.54) is 0 Å². The second-order valence-corrected chi connectivity index (χ2v) is 6.17. The van der Waals surface area contributed by atoms with Crippen LogP contribution in [-0.2, 0) is 16.1 Å². The number of rotatable bonds is 7. The number of aromatic nitrogens is 1. The molecule has 1 aromatic heterocycles. The van der Waals surface area contributed by atoms with Gasteiger partial charge < -0.3 is 28.2 Å². The normalized spacial score (nSPS) is 12.3. The number of nitrogens with zero attached hydrogens (tertiary/aromatic N) is 1. The molecule has 3 aromatic rings. The molecule has 0 saturated heterocycles. The highest BCUT2D eigenvalue weighted by Gasteiger charge is 2.15. The topological polar surface area (TPSA) is 89.3 Å². The average Bonchev–Trinajstić information content (AvgIpc) is 3.25. The molecule has 0 aliphatic carbocycles. The van der Waals surface area contributed by atoms with Gasteiger partial charge in [-0.1, -0.05) is 5.16 Å². The zero-order valence-electron chi connectivity index (χ0n) is 15.8. The average molecular weight is 397 g/mol. The Kier molecular flexibility index (Phi) is 5.51. The highest BCUT2D eigenvalue weighted by atomic mass is 16.6. The molecular formula is C21H19NO7. The van der Waals surface area contributed by atoms with Crippen molar-refractivity contribution in [2.24, 2.45) is 0 Å². The van der Waals surface area contributed by atoms with E-state index in [1.807, 2.05) is 18.2 Å². The summed E-state index contributed by atoms with van der Waals surface area (Å²) in [6.45, 7) is 0.817. The summed E-state index contributed by atoms with van der Waals surface area (Å²) in [5, 5.41) is 3.93. The van der Waals surface area contributed by atoms with Gasteiger partial charge in [-0.2, -0.15) is 0 Å². The van der Waals surface area contributed by atoms with Crippen LogP contribution in [0.4, 0.5) is 0 Å². The molecule has 0 amide bonds. The van der Waals surface area contributed by atoms with Crippen LogP contribution in [0.1, 0.15) is 5.69 Å². The van der Waals surface area contributed by atoms with E-state index in [0.29, 0.717) is 47.7 Å². The van der Waals surface area contributed by atoms with Crippen LogP contribution in [0, 0.1) is 0 Å². The molecule has 0 N–H and O–H groups in total. The van der Waals surface area contributed by atoms with Crippen molar-refractivity contribution in [1.29, 1.82) is 0 Å². The lowest BCUT2D eigenvalue weighted by Crippen LogP contribution is -2.15. The minimum Gasteiger partial charge on any atom is -0.497 e. The molecule has 0 bridgehead atoms. The Balaban J connectivity index is 1.29. The van der Waals surface area contributed by atoms with Gasteiger partial charge in [0.25, 0.3) is 0 Å². The number of carbonyl (C=O) groups excluding carboxylic acids is 1. The van der Waals surface area contributed by atoms with Gasteiger partial charge in [0.15, 0.2) is 23.9 Å². The predicted molar refractivity (Wildman–Crippen MR) is 101 cm³/mol. The Bertz CT molecular complexity index is 981. The fraction of sp³-hybridized carbons (Fsp3) is 0.238. The fourth-order valence-corrected chi connectivity index (χ4v) is 2.72. The number of methoxy groups -OCH3 is 1. The molecule has 8 heteroatoms. The lowest BCUT2D eigenvalue weighted by Gasteiger charge is -2.18. The maximum absolute atomic E-state index is 11.9. The number of hydrogen-bond acceptors (Lipinski definition) is 8. The minimum atomic E-state index is -0.510. The smallest absolute Gasteiger partial charge is 0.344 e. The van der Waals surface area contributed by atoms with E-state index in [9.17, 15) is 4.79 Å². The maximum atomic E-state index is 11.9. The van der Waals surface area contributed by atoms with Crippen molar-refractivity contribution in [2.75, 3.05) is 26.9 Å². The van der Waals surface area contributed by atoms with E-state index in [2.05, 4.69) is 5.16 Å². The first-order chi connectivity index (χ1) is 14.2. The first-order valence-electron chi connectivity index (χ1n) is 8.99. The fourth-order valence-electron chi connectivity index (χ4n) is 2.72. The molecule has 1 aliphatic heterocycles. The van der Waals surface area contributed by atoms with Crippen LogP contribution in [-0.4, -0.2) is 38.1 Å². The summed E-state index contributed by atoms with van der Waals surface area (Å²) in [5.74, 6) is 2.65. The largest absolute Gasteiger partial charge is 0.497 e.